The van der Waals surface area contributed by atoms with Crippen molar-refractivity contribution in [1.82, 2.24) is 60.0 Å². The van der Waals surface area contributed by atoms with Crippen molar-refractivity contribution >= 4 is 22.7 Å². The average molecular weight is 1190 g/mol. The monoisotopic (exact) mass is 1190 g/mol. The smallest absolute Gasteiger partial charge is 0.258 e. The number of nitrogens with zero attached hydrogens (tertiary/aromatic N) is 16. The maximum Gasteiger partial charge on any atom is 0.269 e. The highest BCUT2D eigenvalue weighted by Crippen LogP contribution is 2.75. The van der Waals surface area contributed by atoms with Gasteiger partial charge in [0, 0.05) is 70.8 Å². The molecule has 16 rings (SSSR count). The van der Waals surface area contributed by atoms with Crippen LogP contribution in [0.3, 0.4) is 0 Å². The van der Waals surface area contributed by atoms with Crippen LogP contribution in [0.2, 0.25) is 0 Å². The number of nitro benzene ring substituents is 4. The molecular weight excluding hydrogens is 1140 g/mol. The Morgan fingerprint density at radius 1 is 0.267 bits per heavy atom. The molecule has 12 aromatic rings. The first-order chi connectivity index (χ1) is 43.6. The van der Waals surface area contributed by atoms with Crippen LogP contribution >= 0.6 is 0 Å². The van der Waals surface area contributed by atoms with Gasteiger partial charge < -0.3 is 0 Å². The van der Waals surface area contributed by atoms with Gasteiger partial charge in [0.05, 0.1) is 67.2 Å². The zero-order valence-corrected chi connectivity index (χ0v) is 47.4. The van der Waals surface area contributed by atoms with Crippen molar-refractivity contribution in [1.29, 1.82) is 0 Å². The van der Waals surface area contributed by atoms with Gasteiger partial charge in [-0.05, 0) is 131 Å². The summed E-state index contributed by atoms with van der Waals surface area (Å²) in [5.41, 5.74) is 11.7. The van der Waals surface area contributed by atoms with Crippen LogP contribution in [-0.2, 0) is 21.7 Å². The topological polar surface area (TPSA) is 295 Å². The number of nitro groups is 4. The number of rotatable bonds is 16. The molecule has 440 valence electrons. The molecule has 90 heavy (non-hydrogen) atoms. The first-order valence-corrected chi connectivity index (χ1v) is 28.7. The predicted octanol–water partition coefficient (Wildman–Crippen LogP) is 12.7. The highest BCUT2D eigenvalue weighted by Gasteiger charge is 2.69. The van der Waals surface area contributed by atoms with Crippen molar-refractivity contribution in [3.8, 4) is 67.8 Å². The molecule has 0 unspecified atom stereocenters. The second-order valence-electron chi connectivity index (χ2n) is 23.8. The van der Waals surface area contributed by atoms with Gasteiger partial charge in [-0.1, -0.05) is 118 Å². The van der Waals surface area contributed by atoms with E-state index >= 15 is 0 Å². The third-order valence-corrected chi connectivity index (χ3v) is 18.5. The van der Waals surface area contributed by atoms with Gasteiger partial charge in [-0.15, -0.1) is 20.4 Å². The molecule has 4 saturated carbocycles. The van der Waals surface area contributed by atoms with E-state index < -0.39 is 19.7 Å². The van der Waals surface area contributed by atoms with Crippen molar-refractivity contribution in [3.63, 3.8) is 0 Å². The van der Waals surface area contributed by atoms with Crippen molar-refractivity contribution in [2.45, 2.75) is 60.2 Å². The molecular formula is C66H48N16O8. The summed E-state index contributed by atoms with van der Waals surface area (Å²) in [5.74, 6) is 0. The third-order valence-electron chi connectivity index (χ3n) is 18.5. The van der Waals surface area contributed by atoms with Gasteiger partial charge in [0.2, 0.25) is 0 Å². The lowest BCUT2D eigenvalue weighted by Gasteiger charge is -2.71. The Kier molecular flexibility index (Phi) is 12.6. The van der Waals surface area contributed by atoms with Crippen molar-refractivity contribution < 1.29 is 19.7 Å². The number of hydrogen-bond donors (Lipinski definition) is 0. The molecule has 0 amide bonds. The van der Waals surface area contributed by atoms with Crippen LogP contribution in [0, 0.1) is 40.5 Å². The Bertz CT molecular complexity index is 4130. The molecule has 4 aromatic heterocycles. The summed E-state index contributed by atoms with van der Waals surface area (Å²) in [4.78, 5) is 43.9. The first kappa shape index (κ1) is 54.6. The van der Waals surface area contributed by atoms with E-state index in [1.165, 1.54) is 70.8 Å². The van der Waals surface area contributed by atoms with E-state index in [0.717, 1.165) is 60.8 Å². The van der Waals surface area contributed by atoms with Crippen LogP contribution in [0.1, 0.15) is 60.8 Å². The fourth-order valence-corrected chi connectivity index (χ4v) is 14.8. The molecule has 0 N–H and O–H groups in total. The predicted molar refractivity (Wildman–Crippen MR) is 328 cm³/mol. The minimum atomic E-state index is -0.438. The molecule has 4 fully saturated rings. The quantitative estimate of drug-likeness (QED) is 0.0641. The summed E-state index contributed by atoms with van der Waals surface area (Å²) in [5, 5.41) is 81.4. The largest absolute Gasteiger partial charge is 0.269 e. The zero-order chi connectivity index (χ0) is 61.5. The lowest BCUT2D eigenvalue weighted by Crippen LogP contribution is -2.67. The molecule has 4 bridgehead atoms. The van der Waals surface area contributed by atoms with Gasteiger partial charge in [0.25, 0.3) is 22.7 Å². The van der Waals surface area contributed by atoms with Gasteiger partial charge >= 0.3 is 0 Å². The van der Waals surface area contributed by atoms with E-state index in [2.05, 4.69) is 138 Å². The van der Waals surface area contributed by atoms with E-state index in [0.29, 0.717) is 45.5 Å². The van der Waals surface area contributed by atoms with Crippen molar-refractivity contribution in [2.75, 3.05) is 0 Å². The highest BCUT2D eigenvalue weighted by molar-refractivity contribution is 5.65. The first-order valence-electron chi connectivity index (χ1n) is 28.7. The van der Waals surface area contributed by atoms with Gasteiger partial charge in [0.15, 0.2) is 0 Å². The Hall–Kier alpha value is -12.1. The van der Waals surface area contributed by atoms with Gasteiger partial charge in [-0.2, -0.15) is 0 Å². The third kappa shape index (κ3) is 9.49. The van der Waals surface area contributed by atoms with E-state index in [4.69, 9.17) is 0 Å². The fraction of sp³-hybridized carbons (Fsp3) is 0.152. The zero-order valence-electron chi connectivity index (χ0n) is 47.4. The molecule has 24 nitrogen and oxygen atoms in total. The number of benzene rings is 8. The highest BCUT2D eigenvalue weighted by atomic mass is 16.6. The molecule has 4 aliphatic rings. The Morgan fingerprint density at radius 3 is 0.611 bits per heavy atom. The summed E-state index contributed by atoms with van der Waals surface area (Å²) in [7, 11) is 0. The van der Waals surface area contributed by atoms with Gasteiger partial charge in [0.1, 0.15) is 22.8 Å². The van der Waals surface area contributed by atoms with Crippen LogP contribution in [0.5, 0.6) is 0 Å². The minimum absolute atomic E-state index is 0.0211. The number of hydrogen-bond acceptors (Lipinski definition) is 16. The summed E-state index contributed by atoms with van der Waals surface area (Å²) >= 11 is 0. The Labute approximate surface area is 509 Å². The SMILES string of the molecule is O=[N+]([O-])c1ccc(-n2cc(-c3ccc(C45CC6(c7ccc(-c8cn(-c9ccc([N+](=O)[O-])cc9)nn8)cc7)CC(c7ccc(-c8cn(-c9ccc([N+](=O)[O-])cc9)nn8)cc7)(C4)CC(c4ccc(-c7cn(-c8ccc([N+](=O)[O-])cc8)nn7)cc4)(C5)C6)cc3)nn2)cc1. The van der Waals surface area contributed by atoms with E-state index in [-0.39, 0.29) is 44.4 Å². The lowest BCUT2D eigenvalue weighted by atomic mass is 9.32. The maximum atomic E-state index is 11.4. The molecule has 4 heterocycles. The fourth-order valence-electron chi connectivity index (χ4n) is 14.8. The lowest BCUT2D eigenvalue weighted by molar-refractivity contribution is -0.385. The second-order valence-corrected chi connectivity index (χ2v) is 23.8. The Morgan fingerprint density at radius 2 is 0.444 bits per heavy atom. The van der Waals surface area contributed by atoms with Crippen LogP contribution in [-0.4, -0.2) is 79.7 Å². The van der Waals surface area contributed by atoms with Gasteiger partial charge in [-0.3, -0.25) is 40.5 Å². The Balaban J connectivity index is 0.832. The summed E-state index contributed by atoms with van der Waals surface area (Å²) in [6.07, 6.45) is 12.4. The van der Waals surface area contributed by atoms with Crippen LogP contribution in [0.4, 0.5) is 22.7 Å². The minimum Gasteiger partial charge on any atom is -0.258 e. The van der Waals surface area contributed by atoms with E-state index in [9.17, 15) is 40.5 Å². The van der Waals surface area contributed by atoms with Crippen LogP contribution < -0.4 is 0 Å². The summed E-state index contributed by atoms with van der Waals surface area (Å²) in [6.45, 7) is 0. The van der Waals surface area contributed by atoms with Crippen molar-refractivity contribution in [3.05, 3.63) is 282 Å². The molecule has 8 aromatic carbocycles. The number of non-ortho nitro benzene ring substituents is 4. The molecule has 0 aliphatic heterocycles. The summed E-state index contributed by atoms with van der Waals surface area (Å²) in [6, 6.07) is 59.5. The standard InChI is InChI=1S/C66H48N16O8/c83-79(84)55-25-17-51(18-26-55)75-33-59(67-71-75)43-1-9-47(10-2-43)63-37-64(48-11-3-44(4-12-48)60-34-76(72-68-60)52-19-27-56(28-20-52)80(85)86)40-65(38-63,49-13-5-45(6-14-49)61-35-77(73-69-61)53-21-29-57(30-22-53)81(87)88)42-66(39-63,41-64)50-15-7-46(8-16-50)62-36-78(74-70-62)54-23-31-58(32-24-54)82(89)90/h1-36H,37-42H2. The second kappa shape index (κ2) is 20.8. The molecule has 0 spiro atoms. The van der Waals surface area contributed by atoms with Crippen LogP contribution in [0.25, 0.3) is 67.8 Å². The molecule has 0 atom stereocenters. The molecule has 24 heteroatoms. The van der Waals surface area contributed by atoms with Crippen molar-refractivity contribution in [2.24, 2.45) is 0 Å². The maximum absolute atomic E-state index is 11.4. The van der Waals surface area contributed by atoms with E-state index in [1.54, 1.807) is 67.3 Å². The number of aromatic nitrogens is 12. The summed E-state index contributed by atoms with van der Waals surface area (Å²) < 4.78 is 6.42. The molecule has 4 aliphatic carbocycles. The van der Waals surface area contributed by atoms with Gasteiger partial charge in [-0.25, -0.2) is 18.7 Å². The average Bonchev–Trinajstić information content (AvgIpc) is 0.752. The molecule has 0 radical (unpaired) electrons. The molecule has 0 saturated heterocycles. The normalized spacial score (nSPS) is 19.8. The van der Waals surface area contributed by atoms with Crippen LogP contribution in [0.15, 0.2) is 219 Å². The van der Waals surface area contributed by atoms with E-state index in [1.807, 2.05) is 24.8 Å².